The van der Waals surface area contributed by atoms with E-state index < -0.39 is 15.7 Å². The van der Waals surface area contributed by atoms with Crippen LogP contribution in [-0.4, -0.2) is 8.42 Å². The van der Waals surface area contributed by atoms with E-state index in [0.717, 1.165) is 9.64 Å². The Morgan fingerprint density at radius 1 is 1.06 bits per heavy atom. The fourth-order valence-corrected chi connectivity index (χ4v) is 3.28. The Morgan fingerprint density at radius 2 is 1.72 bits per heavy atom. The number of hydrogen-bond donors (Lipinski definition) is 0. The Hall–Kier alpha value is -0.950. The van der Waals surface area contributed by atoms with Crippen molar-refractivity contribution in [2.24, 2.45) is 0 Å². The first-order chi connectivity index (χ1) is 8.47. The molecular weight excluding hydrogens is 366 g/mol. The summed E-state index contributed by atoms with van der Waals surface area (Å²) >= 11 is 2.15. The molecule has 0 aromatic heterocycles. The summed E-state index contributed by atoms with van der Waals surface area (Å²) < 4.78 is 38.2. The van der Waals surface area contributed by atoms with Crippen molar-refractivity contribution in [2.75, 3.05) is 0 Å². The van der Waals surface area contributed by atoms with Crippen molar-refractivity contribution in [3.8, 4) is 0 Å². The van der Waals surface area contributed by atoms with Crippen LogP contribution in [-0.2, 0) is 15.6 Å². The van der Waals surface area contributed by atoms with Gasteiger partial charge in [0.1, 0.15) is 5.82 Å². The van der Waals surface area contributed by atoms with Gasteiger partial charge in [-0.3, -0.25) is 0 Å². The molecule has 0 amide bonds. The van der Waals surface area contributed by atoms with Crippen LogP contribution < -0.4 is 0 Å². The maximum Gasteiger partial charge on any atom is 0.182 e. The van der Waals surface area contributed by atoms with E-state index >= 15 is 0 Å². The molecule has 0 spiro atoms. The van der Waals surface area contributed by atoms with Gasteiger partial charge in [0.25, 0.3) is 0 Å². The molecule has 5 heteroatoms. The van der Waals surface area contributed by atoms with Gasteiger partial charge in [-0.15, -0.1) is 0 Å². The maximum atomic E-state index is 13.0. The highest BCUT2D eigenvalue weighted by atomic mass is 127. The second-order valence-corrected chi connectivity index (χ2v) is 7.08. The second kappa shape index (κ2) is 5.36. The molecule has 2 aromatic rings. The molecule has 0 saturated carbocycles. The molecule has 0 fully saturated rings. The van der Waals surface area contributed by atoms with Gasteiger partial charge >= 0.3 is 0 Å². The molecule has 0 aliphatic carbocycles. The largest absolute Gasteiger partial charge is 0.223 e. The minimum atomic E-state index is -3.49. The van der Waals surface area contributed by atoms with E-state index in [0.29, 0.717) is 5.56 Å². The highest BCUT2D eigenvalue weighted by Crippen LogP contribution is 2.18. The number of rotatable bonds is 3. The van der Waals surface area contributed by atoms with Crippen molar-refractivity contribution in [3.63, 3.8) is 0 Å². The molecule has 0 unspecified atom stereocenters. The van der Waals surface area contributed by atoms with Gasteiger partial charge in [0.15, 0.2) is 9.84 Å². The third-order valence-electron chi connectivity index (χ3n) is 2.43. The van der Waals surface area contributed by atoms with E-state index in [1.165, 1.54) is 18.2 Å². The van der Waals surface area contributed by atoms with E-state index in [9.17, 15) is 12.8 Å². The van der Waals surface area contributed by atoms with E-state index in [1.807, 2.05) is 12.1 Å². The molecule has 0 aliphatic heterocycles. The number of hydrogen-bond acceptors (Lipinski definition) is 2. The zero-order chi connectivity index (χ0) is 13.2. The van der Waals surface area contributed by atoms with Gasteiger partial charge in [-0.05, 0) is 58.5 Å². The first-order valence-electron chi connectivity index (χ1n) is 5.20. The monoisotopic (exact) mass is 376 g/mol. The molecule has 2 nitrogen and oxygen atoms in total. The van der Waals surface area contributed by atoms with Crippen molar-refractivity contribution < 1.29 is 12.8 Å². The normalized spacial score (nSPS) is 11.4. The van der Waals surface area contributed by atoms with E-state index in [-0.39, 0.29) is 10.6 Å². The molecule has 0 bridgehead atoms. The van der Waals surface area contributed by atoms with Crippen molar-refractivity contribution >= 4 is 32.4 Å². The lowest BCUT2D eigenvalue weighted by Crippen LogP contribution is -2.05. The quantitative estimate of drug-likeness (QED) is 0.770. The van der Waals surface area contributed by atoms with Crippen LogP contribution in [0.5, 0.6) is 0 Å². The summed E-state index contributed by atoms with van der Waals surface area (Å²) in [6.07, 6.45) is 0. The molecular formula is C13H10FIO2S. The molecule has 2 rings (SSSR count). The average Bonchev–Trinajstić information content (AvgIpc) is 2.32. The molecule has 0 heterocycles. The molecule has 94 valence electrons. The smallest absolute Gasteiger partial charge is 0.182 e. The van der Waals surface area contributed by atoms with Crippen LogP contribution in [0, 0.1) is 9.39 Å². The molecule has 0 radical (unpaired) electrons. The number of benzene rings is 2. The minimum Gasteiger partial charge on any atom is -0.223 e. The van der Waals surface area contributed by atoms with E-state index in [4.69, 9.17) is 0 Å². The lowest BCUT2D eigenvalue weighted by atomic mass is 10.2. The third-order valence-corrected chi connectivity index (χ3v) is 4.83. The number of halogens is 2. The summed E-state index contributed by atoms with van der Waals surface area (Å²) in [6, 6.07) is 12.3. The van der Waals surface area contributed by atoms with Crippen molar-refractivity contribution in [3.05, 3.63) is 63.5 Å². The van der Waals surface area contributed by atoms with Crippen molar-refractivity contribution in [1.29, 1.82) is 0 Å². The van der Waals surface area contributed by atoms with Crippen LogP contribution >= 0.6 is 22.6 Å². The third kappa shape index (κ3) is 3.29. The maximum absolute atomic E-state index is 13.0. The fourth-order valence-electron chi connectivity index (χ4n) is 1.54. The Kier molecular flexibility index (Phi) is 4.01. The molecule has 2 aromatic carbocycles. The van der Waals surface area contributed by atoms with Gasteiger partial charge in [0.2, 0.25) is 0 Å². The summed E-state index contributed by atoms with van der Waals surface area (Å²) in [5, 5.41) is 0. The van der Waals surface area contributed by atoms with Crippen molar-refractivity contribution in [1.82, 2.24) is 0 Å². The summed E-state index contributed by atoms with van der Waals surface area (Å²) in [4.78, 5) is 0.0149. The predicted molar refractivity (Wildman–Crippen MR) is 76.4 cm³/mol. The predicted octanol–water partition coefficient (Wildman–Crippen LogP) is 3.40. The van der Waals surface area contributed by atoms with Crippen LogP contribution in [0.15, 0.2) is 53.4 Å². The molecule has 0 atom stereocenters. The Balaban J connectivity index is 2.30. The van der Waals surface area contributed by atoms with Crippen LogP contribution in [0.1, 0.15) is 5.56 Å². The van der Waals surface area contributed by atoms with Crippen LogP contribution in [0.3, 0.4) is 0 Å². The van der Waals surface area contributed by atoms with E-state index in [1.54, 1.807) is 12.1 Å². The van der Waals surface area contributed by atoms with Crippen LogP contribution in [0.4, 0.5) is 4.39 Å². The van der Waals surface area contributed by atoms with Crippen molar-refractivity contribution in [2.45, 2.75) is 10.6 Å². The van der Waals surface area contributed by atoms with Gasteiger partial charge in [0.05, 0.1) is 10.6 Å². The zero-order valence-electron chi connectivity index (χ0n) is 9.31. The fraction of sp³-hybridized carbons (Fsp3) is 0.0769. The van der Waals surface area contributed by atoms with Crippen LogP contribution in [0.2, 0.25) is 0 Å². The lowest BCUT2D eigenvalue weighted by Gasteiger charge is -2.05. The summed E-state index contributed by atoms with van der Waals surface area (Å²) in [7, 11) is -3.49. The summed E-state index contributed by atoms with van der Waals surface area (Å²) in [6.45, 7) is 0. The first kappa shape index (κ1) is 13.5. The van der Waals surface area contributed by atoms with E-state index in [2.05, 4.69) is 22.6 Å². The zero-order valence-corrected chi connectivity index (χ0v) is 12.3. The van der Waals surface area contributed by atoms with Gasteiger partial charge in [-0.1, -0.05) is 18.2 Å². The SMILES string of the molecule is O=S(=O)(Cc1ccc(I)cc1)c1cccc(F)c1. The summed E-state index contributed by atoms with van der Waals surface area (Å²) in [5.74, 6) is -0.661. The molecule has 0 aliphatic rings. The standard InChI is InChI=1S/C13H10FIO2S/c14-11-2-1-3-13(8-11)18(16,17)9-10-4-6-12(15)7-5-10/h1-8H,9H2. The number of sulfone groups is 1. The van der Waals surface area contributed by atoms with Gasteiger partial charge in [-0.25, -0.2) is 12.8 Å². The topological polar surface area (TPSA) is 34.1 Å². The Bertz CT molecular complexity index is 651. The van der Waals surface area contributed by atoms with Crippen LogP contribution in [0.25, 0.3) is 0 Å². The van der Waals surface area contributed by atoms with Gasteiger partial charge in [0, 0.05) is 3.57 Å². The first-order valence-corrected chi connectivity index (χ1v) is 7.93. The highest BCUT2D eigenvalue weighted by Gasteiger charge is 2.15. The Morgan fingerprint density at radius 3 is 2.33 bits per heavy atom. The van der Waals surface area contributed by atoms with Gasteiger partial charge < -0.3 is 0 Å². The minimum absolute atomic E-state index is 0.0149. The highest BCUT2D eigenvalue weighted by molar-refractivity contribution is 14.1. The average molecular weight is 376 g/mol. The molecule has 0 N–H and O–H groups in total. The molecule has 0 saturated heterocycles. The lowest BCUT2D eigenvalue weighted by molar-refractivity contribution is 0.590. The van der Waals surface area contributed by atoms with Gasteiger partial charge in [-0.2, -0.15) is 0 Å². The summed E-state index contributed by atoms with van der Waals surface area (Å²) in [5.41, 5.74) is 0.694. The molecule has 18 heavy (non-hydrogen) atoms. The Labute approximate surface area is 119 Å². The second-order valence-electron chi connectivity index (χ2n) is 3.84.